The van der Waals surface area contributed by atoms with Gasteiger partial charge in [0.15, 0.2) is 0 Å². The molecule has 4 nitrogen and oxygen atoms in total. The quantitative estimate of drug-likeness (QED) is 0.876. The Hall–Kier alpha value is -1.07. The van der Waals surface area contributed by atoms with E-state index in [2.05, 4.69) is 17.1 Å². The van der Waals surface area contributed by atoms with Gasteiger partial charge in [-0.05, 0) is 37.3 Å². The molecule has 1 saturated heterocycles. The SMILES string of the molecule is CCCN1CCC(NC(=O)c2sccc2N)CC1. The van der Waals surface area contributed by atoms with E-state index < -0.39 is 0 Å². The van der Waals surface area contributed by atoms with Gasteiger partial charge in [0.2, 0.25) is 0 Å². The Morgan fingerprint density at radius 2 is 2.28 bits per heavy atom. The lowest BCUT2D eigenvalue weighted by atomic mass is 10.0. The van der Waals surface area contributed by atoms with Crippen molar-refractivity contribution in [1.82, 2.24) is 10.2 Å². The topological polar surface area (TPSA) is 58.4 Å². The van der Waals surface area contributed by atoms with Crippen LogP contribution in [-0.4, -0.2) is 36.5 Å². The van der Waals surface area contributed by atoms with Crippen molar-refractivity contribution in [1.29, 1.82) is 0 Å². The van der Waals surface area contributed by atoms with Crippen LogP contribution in [0.5, 0.6) is 0 Å². The number of piperidine rings is 1. The van der Waals surface area contributed by atoms with E-state index >= 15 is 0 Å². The number of nitrogens with zero attached hydrogens (tertiary/aromatic N) is 1. The molecule has 0 aliphatic carbocycles. The highest BCUT2D eigenvalue weighted by Crippen LogP contribution is 2.19. The van der Waals surface area contributed by atoms with Crippen LogP contribution in [0.15, 0.2) is 11.4 Å². The minimum atomic E-state index is -0.0172. The summed E-state index contributed by atoms with van der Waals surface area (Å²) in [6.45, 7) is 5.53. The molecular weight excluding hydrogens is 246 g/mol. The van der Waals surface area contributed by atoms with E-state index in [9.17, 15) is 4.79 Å². The van der Waals surface area contributed by atoms with E-state index in [1.165, 1.54) is 24.3 Å². The number of anilines is 1. The van der Waals surface area contributed by atoms with Gasteiger partial charge in [-0.2, -0.15) is 0 Å². The van der Waals surface area contributed by atoms with Gasteiger partial charge in [-0.25, -0.2) is 0 Å². The van der Waals surface area contributed by atoms with Crippen molar-refractivity contribution in [3.63, 3.8) is 0 Å². The van der Waals surface area contributed by atoms with Crippen LogP contribution >= 0.6 is 11.3 Å². The monoisotopic (exact) mass is 267 g/mol. The van der Waals surface area contributed by atoms with Crippen molar-refractivity contribution in [3.8, 4) is 0 Å². The smallest absolute Gasteiger partial charge is 0.263 e. The average molecular weight is 267 g/mol. The third kappa shape index (κ3) is 3.23. The molecule has 100 valence electrons. The average Bonchev–Trinajstić information content (AvgIpc) is 2.78. The molecule has 1 aromatic heterocycles. The van der Waals surface area contributed by atoms with Crippen LogP contribution in [0.1, 0.15) is 35.9 Å². The summed E-state index contributed by atoms with van der Waals surface area (Å²) >= 11 is 1.41. The number of nitrogens with two attached hydrogens (primary N) is 1. The standard InChI is InChI=1S/C13H21N3OS/c1-2-6-16-7-3-10(4-8-16)15-13(17)12-11(14)5-9-18-12/h5,9-10H,2-4,6-8,14H2,1H3,(H,15,17). The first kappa shape index (κ1) is 13.4. The summed E-state index contributed by atoms with van der Waals surface area (Å²) in [5.41, 5.74) is 6.33. The number of hydrogen-bond donors (Lipinski definition) is 2. The zero-order valence-corrected chi connectivity index (χ0v) is 11.6. The van der Waals surface area contributed by atoms with Crippen LogP contribution in [0.4, 0.5) is 5.69 Å². The van der Waals surface area contributed by atoms with Crippen molar-refractivity contribution < 1.29 is 4.79 Å². The van der Waals surface area contributed by atoms with Gasteiger partial charge >= 0.3 is 0 Å². The molecule has 0 bridgehead atoms. The first-order valence-corrected chi connectivity index (χ1v) is 7.45. The summed E-state index contributed by atoms with van der Waals surface area (Å²) in [4.78, 5) is 15.1. The number of hydrogen-bond acceptors (Lipinski definition) is 4. The summed E-state index contributed by atoms with van der Waals surface area (Å²) in [6.07, 6.45) is 3.27. The molecule has 0 atom stereocenters. The van der Waals surface area contributed by atoms with Gasteiger partial charge in [0.1, 0.15) is 4.88 Å². The van der Waals surface area contributed by atoms with E-state index in [1.54, 1.807) is 6.07 Å². The Morgan fingerprint density at radius 3 is 2.83 bits per heavy atom. The molecule has 2 heterocycles. The maximum absolute atomic E-state index is 12.0. The van der Waals surface area contributed by atoms with Crippen molar-refractivity contribution in [3.05, 3.63) is 16.3 Å². The Bertz CT molecular complexity index is 397. The molecule has 1 aromatic rings. The summed E-state index contributed by atoms with van der Waals surface area (Å²) in [5.74, 6) is -0.0172. The van der Waals surface area contributed by atoms with Gasteiger partial charge in [0.25, 0.3) is 5.91 Å². The molecule has 1 aliphatic heterocycles. The third-order valence-electron chi connectivity index (χ3n) is 3.36. The van der Waals surface area contributed by atoms with Crippen molar-refractivity contribution in [2.75, 3.05) is 25.4 Å². The molecular formula is C13H21N3OS. The van der Waals surface area contributed by atoms with Crippen LogP contribution in [0.2, 0.25) is 0 Å². The van der Waals surface area contributed by atoms with Gasteiger partial charge in [-0.15, -0.1) is 11.3 Å². The highest BCUT2D eigenvalue weighted by molar-refractivity contribution is 7.12. The van der Waals surface area contributed by atoms with Gasteiger partial charge in [0.05, 0.1) is 5.69 Å². The fraction of sp³-hybridized carbons (Fsp3) is 0.615. The van der Waals surface area contributed by atoms with Crippen LogP contribution in [0.25, 0.3) is 0 Å². The summed E-state index contributed by atoms with van der Waals surface area (Å²) < 4.78 is 0. The molecule has 2 rings (SSSR count). The van der Waals surface area contributed by atoms with Crippen LogP contribution in [0.3, 0.4) is 0 Å². The number of amides is 1. The van der Waals surface area contributed by atoms with Crippen molar-refractivity contribution in [2.24, 2.45) is 0 Å². The molecule has 0 unspecified atom stereocenters. The maximum Gasteiger partial charge on any atom is 0.263 e. The molecule has 1 fully saturated rings. The second-order valence-electron chi connectivity index (χ2n) is 4.79. The van der Waals surface area contributed by atoms with E-state index in [-0.39, 0.29) is 5.91 Å². The van der Waals surface area contributed by atoms with Gasteiger partial charge in [-0.3, -0.25) is 4.79 Å². The van der Waals surface area contributed by atoms with Gasteiger partial charge in [0, 0.05) is 19.1 Å². The van der Waals surface area contributed by atoms with Crippen molar-refractivity contribution >= 4 is 22.9 Å². The lowest BCUT2D eigenvalue weighted by Gasteiger charge is -2.32. The van der Waals surface area contributed by atoms with Gasteiger partial charge < -0.3 is 16.0 Å². The highest BCUT2D eigenvalue weighted by Gasteiger charge is 2.21. The number of likely N-dealkylation sites (tertiary alicyclic amines) is 1. The largest absolute Gasteiger partial charge is 0.397 e. The number of nitrogen functional groups attached to an aromatic ring is 1. The fourth-order valence-electron chi connectivity index (χ4n) is 2.37. The minimum Gasteiger partial charge on any atom is -0.397 e. The normalized spacial score (nSPS) is 17.8. The highest BCUT2D eigenvalue weighted by atomic mass is 32.1. The Labute approximate surface area is 112 Å². The number of nitrogens with one attached hydrogen (secondary N) is 1. The maximum atomic E-state index is 12.0. The molecule has 18 heavy (non-hydrogen) atoms. The van der Waals surface area contributed by atoms with Crippen LogP contribution in [0, 0.1) is 0 Å². The number of rotatable bonds is 4. The lowest BCUT2D eigenvalue weighted by molar-refractivity contribution is 0.0916. The minimum absolute atomic E-state index is 0.0172. The molecule has 5 heteroatoms. The van der Waals surface area contributed by atoms with E-state index in [0.717, 1.165) is 25.9 Å². The zero-order chi connectivity index (χ0) is 13.0. The molecule has 0 aromatic carbocycles. The second-order valence-corrected chi connectivity index (χ2v) is 5.71. The Kier molecular flexibility index (Phi) is 4.60. The molecule has 3 N–H and O–H groups in total. The zero-order valence-electron chi connectivity index (χ0n) is 10.8. The second kappa shape index (κ2) is 6.20. The number of thiophene rings is 1. The van der Waals surface area contributed by atoms with Crippen molar-refractivity contribution in [2.45, 2.75) is 32.2 Å². The lowest BCUT2D eigenvalue weighted by Crippen LogP contribution is -2.44. The predicted molar refractivity (Wildman–Crippen MR) is 76.0 cm³/mol. The summed E-state index contributed by atoms with van der Waals surface area (Å²) in [5, 5.41) is 4.94. The van der Waals surface area contributed by atoms with Gasteiger partial charge in [-0.1, -0.05) is 6.92 Å². The molecule has 1 aliphatic rings. The van der Waals surface area contributed by atoms with E-state index in [4.69, 9.17) is 5.73 Å². The first-order chi connectivity index (χ1) is 8.70. The molecule has 0 spiro atoms. The first-order valence-electron chi connectivity index (χ1n) is 6.57. The Morgan fingerprint density at radius 1 is 1.56 bits per heavy atom. The molecule has 0 radical (unpaired) electrons. The number of carbonyl (C=O) groups is 1. The van der Waals surface area contributed by atoms with Crippen LogP contribution in [-0.2, 0) is 0 Å². The fourth-order valence-corrected chi connectivity index (χ4v) is 3.09. The van der Waals surface area contributed by atoms with E-state index in [1.807, 2.05) is 5.38 Å². The molecule has 0 saturated carbocycles. The Balaban J connectivity index is 1.81. The third-order valence-corrected chi connectivity index (χ3v) is 4.29. The predicted octanol–water partition coefficient (Wildman–Crippen LogP) is 1.93. The van der Waals surface area contributed by atoms with E-state index in [0.29, 0.717) is 16.6 Å². The summed E-state index contributed by atoms with van der Waals surface area (Å²) in [7, 11) is 0. The number of carbonyl (C=O) groups excluding carboxylic acids is 1. The summed E-state index contributed by atoms with van der Waals surface area (Å²) in [6, 6.07) is 2.08. The van der Waals surface area contributed by atoms with Crippen LogP contribution < -0.4 is 11.1 Å². The molecule has 1 amide bonds.